The first-order chi connectivity index (χ1) is 10.1. The molecule has 1 fully saturated rings. The van der Waals surface area contributed by atoms with E-state index in [4.69, 9.17) is 0 Å². The molecule has 5 heteroatoms. The van der Waals surface area contributed by atoms with Crippen molar-refractivity contribution in [3.63, 3.8) is 0 Å². The first-order valence-electron chi connectivity index (χ1n) is 7.50. The number of nitrogens with zero attached hydrogens (tertiary/aromatic N) is 1. The van der Waals surface area contributed by atoms with Gasteiger partial charge in [-0.2, -0.15) is 0 Å². The summed E-state index contributed by atoms with van der Waals surface area (Å²) in [7, 11) is 1.99. The van der Waals surface area contributed by atoms with Crippen molar-refractivity contribution < 1.29 is 4.79 Å². The fourth-order valence-corrected chi connectivity index (χ4v) is 3.17. The van der Waals surface area contributed by atoms with Gasteiger partial charge in [0.15, 0.2) is 0 Å². The van der Waals surface area contributed by atoms with Gasteiger partial charge < -0.3 is 10.6 Å². The van der Waals surface area contributed by atoms with E-state index in [2.05, 4.69) is 15.5 Å². The highest BCUT2D eigenvalue weighted by Gasteiger charge is 2.26. The second-order valence-electron chi connectivity index (χ2n) is 5.52. The molecular formula is C16H25N3OS. The molecule has 21 heavy (non-hydrogen) atoms. The quantitative estimate of drug-likeness (QED) is 0.820. The number of anilines is 1. The van der Waals surface area contributed by atoms with E-state index in [1.54, 1.807) is 11.8 Å². The highest BCUT2D eigenvalue weighted by Crippen LogP contribution is 2.20. The molecule has 1 aliphatic rings. The van der Waals surface area contributed by atoms with Gasteiger partial charge in [0, 0.05) is 23.2 Å². The average molecular weight is 307 g/mol. The zero-order chi connectivity index (χ0) is 15.2. The highest BCUT2D eigenvalue weighted by molar-refractivity contribution is 7.98. The summed E-state index contributed by atoms with van der Waals surface area (Å²) in [6.07, 6.45) is 4.37. The Labute approximate surface area is 131 Å². The number of carbonyl (C=O) groups is 1. The topological polar surface area (TPSA) is 44.4 Å². The second-order valence-corrected chi connectivity index (χ2v) is 6.40. The predicted molar refractivity (Wildman–Crippen MR) is 90.0 cm³/mol. The lowest BCUT2D eigenvalue weighted by Gasteiger charge is -2.35. The van der Waals surface area contributed by atoms with Gasteiger partial charge in [-0.1, -0.05) is 6.07 Å². The van der Waals surface area contributed by atoms with Gasteiger partial charge in [-0.15, -0.1) is 11.8 Å². The molecule has 2 rings (SSSR count). The summed E-state index contributed by atoms with van der Waals surface area (Å²) < 4.78 is 0. The molecule has 1 saturated heterocycles. The Hall–Kier alpha value is -1.04. The lowest BCUT2D eigenvalue weighted by molar-refractivity contribution is -0.121. The molecule has 1 aromatic carbocycles. The Morgan fingerprint density at radius 3 is 3.00 bits per heavy atom. The summed E-state index contributed by atoms with van der Waals surface area (Å²) in [5.74, 6) is 0.0741. The van der Waals surface area contributed by atoms with E-state index in [-0.39, 0.29) is 11.9 Å². The third-order valence-corrected chi connectivity index (χ3v) is 4.85. The van der Waals surface area contributed by atoms with Gasteiger partial charge in [0.2, 0.25) is 5.91 Å². The van der Waals surface area contributed by atoms with E-state index in [0.29, 0.717) is 6.04 Å². The van der Waals surface area contributed by atoms with Crippen molar-refractivity contribution >= 4 is 23.4 Å². The van der Waals surface area contributed by atoms with Crippen LogP contribution in [0.5, 0.6) is 0 Å². The van der Waals surface area contributed by atoms with Crippen molar-refractivity contribution in [3.05, 3.63) is 24.3 Å². The average Bonchev–Trinajstić information content (AvgIpc) is 2.54. The molecule has 0 radical (unpaired) electrons. The lowest BCUT2D eigenvalue weighted by Crippen LogP contribution is -2.51. The van der Waals surface area contributed by atoms with Crippen LogP contribution in [-0.4, -0.2) is 49.3 Å². The summed E-state index contributed by atoms with van der Waals surface area (Å²) in [6.45, 7) is 3.93. The molecule has 1 aromatic rings. The molecule has 2 unspecified atom stereocenters. The Bertz CT molecular complexity index is 480. The smallest absolute Gasteiger partial charge is 0.241 e. The van der Waals surface area contributed by atoms with Crippen LogP contribution >= 0.6 is 11.8 Å². The first-order valence-corrected chi connectivity index (χ1v) is 8.72. The SMILES string of the molecule is CNC1CCCN(C(C)C(=O)Nc2cccc(SC)c2)C1. The molecule has 0 saturated carbocycles. The third kappa shape index (κ3) is 4.46. The standard InChI is InChI=1S/C16H25N3OS/c1-12(19-9-5-7-14(11-19)17-2)16(20)18-13-6-4-8-15(10-13)21-3/h4,6,8,10,12,14,17H,5,7,9,11H2,1-3H3,(H,18,20). The maximum Gasteiger partial charge on any atom is 0.241 e. The molecule has 2 N–H and O–H groups in total. The summed E-state index contributed by atoms with van der Waals surface area (Å²) >= 11 is 1.68. The summed E-state index contributed by atoms with van der Waals surface area (Å²) in [4.78, 5) is 15.8. The van der Waals surface area contributed by atoms with Crippen LogP contribution in [0, 0.1) is 0 Å². The summed E-state index contributed by atoms with van der Waals surface area (Å²) in [5, 5.41) is 6.35. The number of likely N-dealkylation sites (N-methyl/N-ethyl adjacent to an activating group) is 1. The summed E-state index contributed by atoms with van der Waals surface area (Å²) in [6, 6.07) is 8.38. The van der Waals surface area contributed by atoms with Gasteiger partial charge in [-0.25, -0.2) is 0 Å². The maximum absolute atomic E-state index is 12.4. The van der Waals surface area contributed by atoms with Crippen molar-refractivity contribution in [1.29, 1.82) is 0 Å². The van der Waals surface area contributed by atoms with E-state index < -0.39 is 0 Å². The predicted octanol–water partition coefficient (Wildman–Crippen LogP) is 2.42. The molecule has 4 nitrogen and oxygen atoms in total. The Balaban J connectivity index is 1.95. The Kier molecular flexibility index (Phi) is 6.08. The maximum atomic E-state index is 12.4. The molecule has 1 heterocycles. The summed E-state index contributed by atoms with van der Waals surface area (Å²) in [5.41, 5.74) is 0.876. The largest absolute Gasteiger partial charge is 0.325 e. The van der Waals surface area contributed by atoms with Gasteiger partial charge >= 0.3 is 0 Å². The van der Waals surface area contributed by atoms with Crippen molar-refractivity contribution in [2.45, 2.75) is 36.7 Å². The number of carbonyl (C=O) groups excluding carboxylic acids is 1. The van der Waals surface area contributed by atoms with Gasteiger partial charge in [0.1, 0.15) is 0 Å². The number of amides is 1. The first kappa shape index (κ1) is 16.3. The Morgan fingerprint density at radius 1 is 1.48 bits per heavy atom. The molecule has 0 aliphatic carbocycles. The van der Waals surface area contributed by atoms with Gasteiger partial charge in [0.25, 0.3) is 0 Å². The van der Waals surface area contributed by atoms with Crippen molar-refractivity contribution in [2.24, 2.45) is 0 Å². The van der Waals surface area contributed by atoms with E-state index >= 15 is 0 Å². The minimum absolute atomic E-state index is 0.0741. The van der Waals surface area contributed by atoms with Gasteiger partial charge in [-0.05, 0) is 57.8 Å². The van der Waals surface area contributed by atoms with Crippen LogP contribution in [0.15, 0.2) is 29.2 Å². The number of thioether (sulfide) groups is 1. The number of nitrogens with one attached hydrogen (secondary N) is 2. The number of piperidine rings is 1. The lowest BCUT2D eigenvalue weighted by atomic mass is 10.0. The van der Waals surface area contributed by atoms with Gasteiger partial charge in [-0.3, -0.25) is 9.69 Å². The minimum atomic E-state index is -0.0981. The van der Waals surface area contributed by atoms with Crippen LogP contribution in [0.25, 0.3) is 0 Å². The van der Waals surface area contributed by atoms with Crippen molar-refractivity contribution in [3.8, 4) is 0 Å². The van der Waals surface area contributed by atoms with E-state index in [1.807, 2.05) is 44.5 Å². The van der Waals surface area contributed by atoms with Crippen LogP contribution in [-0.2, 0) is 4.79 Å². The number of hydrogen-bond donors (Lipinski definition) is 2. The molecule has 0 aromatic heterocycles. The molecule has 2 atom stereocenters. The highest BCUT2D eigenvalue weighted by atomic mass is 32.2. The van der Waals surface area contributed by atoms with Crippen LogP contribution in [0.2, 0.25) is 0 Å². The van der Waals surface area contributed by atoms with Crippen LogP contribution in [0.3, 0.4) is 0 Å². The van der Waals surface area contributed by atoms with E-state index in [1.165, 1.54) is 6.42 Å². The zero-order valence-corrected chi connectivity index (χ0v) is 13.9. The van der Waals surface area contributed by atoms with Gasteiger partial charge in [0.05, 0.1) is 6.04 Å². The van der Waals surface area contributed by atoms with Crippen LogP contribution in [0.1, 0.15) is 19.8 Å². The monoisotopic (exact) mass is 307 g/mol. The normalized spacial score (nSPS) is 21.0. The van der Waals surface area contributed by atoms with Crippen LogP contribution in [0.4, 0.5) is 5.69 Å². The second kappa shape index (κ2) is 7.82. The molecule has 1 amide bonds. The molecule has 116 valence electrons. The van der Waals surface area contributed by atoms with Crippen LogP contribution < -0.4 is 10.6 Å². The minimum Gasteiger partial charge on any atom is -0.325 e. The number of benzene rings is 1. The zero-order valence-electron chi connectivity index (χ0n) is 13.1. The van der Waals surface area contributed by atoms with E-state index in [0.717, 1.165) is 30.1 Å². The fraction of sp³-hybridized carbons (Fsp3) is 0.562. The molecular weight excluding hydrogens is 282 g/mol. The molecule has 0 bridgehead atoms. The van der Waals surface area contributed by atoms with Crippen molar-refractivity contribution in [1.82, 2.24) is 10.2 Å². The fourth-order valence-electron chi connectivity index (χ4n) is 2.71. The molecule has 0 spiro atoms. The molecule has 1 aliphatic heterocycles. The Morgan fingerprint density at radius 2 is 2.29 bits per heavy atom. The third-order valence-electron chi connectivity index (χ3n) is 4.13. The number of hydrogen-bond acceptors (Lipinski definition) is 4. The number of rotatable bonds is 5. The number of likely N-dealkylation sites (tertiary alicyclic amines) is 1. The van der Waals surface area contributed by atoms with E-state index in [9.17, 15) is 4.79 Å². The van der Waals surface area contributed by atoms with Crippen molar-refractivity contribution in [2.75, 3.05) is 31.7 Å².